The third-order valence-corrected chi connectivity index (χ3v) is 3.78. The number of carboxylic acids is 1. The van der Waals surface area contributed by atoms with Gasteiger partial charge in [-0.3, -0.25) is 10.1 Å². The molecular weight excluding hydrogens is 244 g/mol. The topological polar surface area (TPSA) is 61.8 Å². The van der Waals surface area contributed by atoms with Crippen LogP contribution in [0.2, 0.25) is 0 Å². The number of carboxylic acid groups (broad SMARTS) is 1. The molecule has 1 saturated carbocycles. The van der Waals surface area contributed by atoms with Gasteiger partial charge in [0.2, 0.25) is 0 Å². The Hall–Kier alpha value is -0.650. The summed E-state index contributed by atoms with van der Waals surface area (Å²) in [6.45, 7) is 7.46. The predicted molar refractivity (Wildman–Crippen MR) is 75.4 cm³/mol. The predicted octanol–water partition coefficient (Wildman–Crippen LogP) is 1.33. The molecule has 1 aliphatic carbocycles. The lowest BCUT2D eigenvalue weighted by Crippen LogP contribution is -2.50. The maximum Gasteiger partial charge on any atom is 0.323 e. The van der Waals surface area contributed by atoms with Crippen LogP contribution in [0.15, 0.2) is 0 Å². The molecule has 1 fully saturated rings. The molecule has 0 radical (unpaired) electrons. The van der Waals surface area contributed by atoms with Crippen LogP contribution >= 0.6 is 0 Å². The number of hydrogen-bond acceptors (Lipinski definition) is 4. The molecule has 0 aliphatic heterocycles. The second kappa shape index (κ2) is 7.82. The molecule has 0 spiro atoms. The third-order valence-electron chi connectivity index (χ3n) is 3.78. The lowest BCUT2D eigenvalue weighted by atomic mass is 9.95. The molecule has 19 heavy (non-hydrogen) atoms. The average Bonchev–Trinajstić information content (AvgIpc) is 3.17. The largest absolute Gasteiger partial charge is 0.480 e. The van der Waals surface area contributed by atoms with Gasteiger partial charge in [0.05, 0.1) is 6.61 Å². The fourth-order valence-electron chi connectivity index (χ4n) is 2.22. The summed E-state index contributed by atoms with van der Waals surface area (Å²) in [5, 5.41) is 12.6. The molecule has 0 aromatic rings. The second-order valence-electron chi connectivity index (χ2n) is 5.59. The molecule has 5 nitrogen and oxygen atoms in total. The number of ether oxygens (including phenoxy) is 1. The smallest absolute Gasteiger partial charge is 0.323 e. The Kier molecular flexibility index (Phi) is 6.75. The first-order chi connectivity index (χ1) is 9.01. The van der Waals surface area contributed by atoms with E-state index in [0.29, 0.717) is 12.5 Å². The highest BCUT2D eigenvalue weighted by molar-refractivity contribution is 5.78. The van der Waals surface area contributed by atoms with Crippen molar-refractivity contribution in [1.29, 1.82) is 0 Å². The van der Waals surface area contributed by atoms with Crippen molar-refractivity contribution in [3.63, 3.8) is 0 Å². The molecule has 1 rings (SSSR count). The molecular formula is C14H28N2O3. The SMILES string of the molecule is CCN(CCCC(C)(NC1CC1)C(=O)O)CCOC. The van der Waals surface area contributed by atoms with Crippen LogP contribution in [0, 0.1) is 0 Å². The number of likely N-dealkylation sites (N-methyl/N-ethyl adjacent to an activating group) is 1. The first-order valence-electron chi connectivity index (χ1n) is 7.24. The van der Waals surface area contributed by atoms with Gasteiger partial charge >= 0.3 is 5.97 Å². The molecule has 0 heterocycles. The Bertz CT molecular complexity index is 282. The van der Waals surface area contributed by atoms with Crippen LogP contribution in [0.5, 0.6) is 0 Å². The number of rotatable bonds is 11. The summed E-state index contributed by atoms with van der Waals surface area (Å²) in [7, 11) is 1.70. The minimum atomic E-state index is -0.776. The van der Waals surface area contributed by atoms with Crippen LogP contribution < -0.4 is 5.32 Å². The maximum atomic E-state index is 11.4. The van der Waals surface area contributed by atoms with Gasteiger partial charge in [-0.25, -0.2) is 0 Å². The molecule has 0 bridgehead atoms. The van der Waals surface area contributed by atoms with Crippen LogP contribution in [-0.4, -0.2) is 60.9 Å². The zero-order valence-corrected chi connectivity index (χ0v) is 12.4. The fraction of sp³-hybridized carbons (Fsp3) is 0.929. The van der Waals surface area contributed by atoms with Crippen molar-refractivity contribution >= 4 is 5.97 Å². The summed E-state index contributed by atoms with van der Waals surface area (Å²) in [4.78, 5) is 13.7. The number of hydrogen-bond donors (Lipinski definition) is 2. The summed E-state index contributed by atoms with van der Waals surface area (Å²) in [5.41, 5.74) is -0.776. The number of carbonyl (C=O) groups is 1. The Morgan fingerprint density at radius 1 is 1.47 bits per heavy atom. The summed E-state index contributed by atoms with van der Waals surface area (Å²) < 4.78 is 5.07. The minimum Gasteiger partial charge on any atom is -0.480 e. The highest BCUT2D eigenvalue weighted by atomic mass is 16.5. The quantitative estimate of drug-likeness (QED) is 0.594. The normalized spacial score (nSPS) is 18.5. The van der Waals surface area contributed by atoms with E-state index < -0.39 is 11.5 Å². The number of aliphatic carboxylic acids is 1. The van der Waals surface area contributed by atoms with Gasteiger partial charge in [0.1, 0.15) is 5.54 Å². The van der Waals surface area contributed by atoms with Gasteiger partial charge in [0, 0.05) is 19.7 Å². The van der Waals surface area contributed by atoms with Gasteiger partial charge in [-0.15, -0.1) is 0 Å². The molecule has 0 amide bonds. The molecule has 112 valence electrons. The van der Waals surface area contributed by atoms with E-state index in [-0.39, 0.29) is 0 Å². The molecule has 0 saturated heterocycles. The van der Waals surface area contributed by atoms with Gasteiger partial charge in [0.15, 0.2) is 0 Å². The minimum absolute atomic E-state index is 0.414. The van der Waals surface area contributed by atoms with E-state index in [1.54, 1.807) is 14.0 Å². The van der Waals surface area contributed by atoms with Gasteiger partial charge < -0.3 is 14.7 Å². The van der Waals surface area contributed by atoms with Crippen LogP contribution in [0.4, 0.5) is 0 Å². The van der Waals surface area contributed by atoms with E-state index in [0.717, 1.165) is 45.5 Å². The number of nitrogens with one attached hydrogen (secondary N) is 1. The maximum absolute atomic E-state index is 11.4. The highest BCUT2D eigenvalue weighted by Crippen LogP contribution is 2.25. The standard InChI is InChI=1S/C14H28N2O3/c1-4-16(10-11-19-3)9-5-8-14(2,13(17)18)15-12-6-7-12/h12,15H,4-11H2,1-3H3,(H,17,18). The van der Waals surface area contributed by atoms with Crippen molar-refractivity contribution in [3.05, 3.63) is 0 Å². The van der Waals surface area contributed by atoms with Crippen molar-refractivity contribution in [1.82, 2.24) is 10.2 Å². The van der Waals surface area contributed by atoms with Crippen LogP contribution in [-0.2, 0) is 9.53 Å². The zero-order valence-electron chi connectivity index (χ0n) is 12.4. The van der Waals surface area contributed by atoms with Gasteiger partial charge in [-0.2, -0.15) is 0 Å². The Morgan fingerprint density at radius 2 is 2.16 bits per heavy atom. The third kappa shape index (κ3) is 5.89. The first-order valence-corrected chi connectivity index (χ1v) is 7.24. The lowest BCUT2D eigenvalue weighted by Gasteiger charge is -2.28. The first kappa shape index (κ1) is 16.4. The summed E-state index contributed by atoms with van der Waals surface area (Å²) >= 11 is 0. The van der Waals surface area contributed by atoms with E-state index >= 15 is 0 Å². The molecule has 2 N–H and O–H groups in total. The Morgan fingerprint density at radius 3 is 2.63 bits per heavy atom. The van der Waals surface area contributed by atoms with Crippen LogP contribution in [0.1, 0.15) is 39.5 Å². The summed E-state index contributed by atoms with van der Waals surface area (Å²) in [6.07, 6.45) is 3.78. The van der Waals surface area contributed by atoms with Crippen molar-refractivity contribution in [2.24, 2.45) is 0 Å². The van der Waals surface area contributed by atoms with Crippen molar-refractivity contribution < 1.29 is 14.6 Å². The Balaban J connectivity index is 2.32. The van der Waals surface area contributed by atoms with Crippen molar-refractivity contribution in [2.75, 3.05) is 33.4 Å². The van der Waals surface area contributed by atoms with E-state index in [1.165, 1.54) is 0 Å². The summed E-state index contributed by atoms with van der Waals surface area (Å²) in [6, 6.07) is 0.414. The number of nitrogens with zero attached hydrogens (tertiary/aromatic N) is 1. The van der Waals surface area contributed by atoms with E-state index in [9.17, 15) is 9.90 Å². The van der Waals surface area contributed by atoms with Crippen LogP contribution in [0.3, 0.4) is 0 Å². The van der Waals surface area contributed by atoms with E-state index in [1.807, 2.05) is 0 Å². The van der Waals surface area contributed by atoms with E-state index in [4.69, 9.17) is 4.74 Å². The molecule has 5 heteroatoms. The molecule has 1 atom stereocenters. The Labute approximate surface area is 116 Å². The summed E-state index contributed by atoms with van der Waals surface area (Å²) in [5.74, 6) is -0.737. The second-order valence-corrected chi connectivity index (χ2v) is 5.59. The molecule has 0 aromatic heterocycles. The van der Waals surface area contributed by atoms with Crippen molar-refractivity contribution in [3.8, 4) is 0 Å². The van der Waals surface area contributed by atoms with Crippen molar-refractivity contribution in [2.45, 2.75) is 51.1 Å². The van der Waals surface area contributed by atoms with E-state index in [2.05, 4.69) is 17.1 Å². The van der Waals surface area contributed by atoms with Gasteiger partial charge in [-0.1, -0.05) is 6.92 Å². The molecule has 1 unspecified atom stereocenters. The lowest BCUT2D eigenvalue weighted by molar-refractivity contribution is -0.144. The highest BCUT2D eigenvalue weighted by Gasteiger charge is 2.37. The molecule has 0 aromatic carbocycles. The number of methoxy groups -OCH3 is 1. The van der Waals surface area contributed by atoms with Crippen LogP contribution in [0.25, 0.3) is 0 Å². The average molecular weight is 272 g/mol. The fourth-order valence-corrected chi connectivity index (χ4v) is 2.22. The zero-order chi connectivity index (χ0) is 14.3. The molecule has 1 aliphatic rings. The van der Waals surface area contributed by atoms with Gasteiger partial charge in [-0.05, 0) is 45.7 Å². The monoisotopic (exact) mass is 272 g/mol. The van der Waals surface area contributed by atoms with Gasteiger partial charge in [0.25, 0.3) is 0 Å².